The van der Waals surface area contributed by atoms with Crippen molar-refractivity contribution in [3.8, 4) is 11.8 Å². The van der Waals surface area contributed by atoms with Crippen LogP contribution < -0.4 is 0 Å². The van der Waals surface area contributed by atoms with E-state index in [0.29, 0.717) is 12.1 Å². The van der Waals surface area contributed by atoms with E-state index < -0.39 is 10.0 Å². The molecule has 0 aliphatic rings. The van der Waals surface area contributed by atoms with Crippen molar-refractivity contribution in [3.05, 3.63) is 29.8 Å². The van der Waals surface area contributed by atoms with Crippen LogP contribution in [0, 0.1) is 11.8 Å². The molecule has 0 heterocycles. The second-order valence-electron chi connectivity index (χ2n) is 3.81. The molecular formula is C13H17NO3S2. The lowest BCUT2D eigenvalue weighted by Gasteiger charge is -2.16. The Hall–Kier alpha value is -1.00. The Bertz CT molecular complexity index is 573. The van der Waals surface area contributed by atoms with E-state index in [2.05, 4.69) is 11.8 Å². The maximum atomic E-state index is 12.3. The van der Waals surface area contributed by atoms with E-state index >= 15 is 0 Å². The van der Waals surface area contributed by atoms with E-state index in [1.807, 2.05) is 6.26 Å². The molecule has 0 fully saturated rings. The predicted octanol–water partition coefficient (Wildman–Crippen LogP) is 1.01. The molecule has 0 aromatic heterocycles. The number of rotatable bonds is 5. The van der Waals surface area contributed by atoms with Crippen molar-refractivity contribution >= 4 is 21.8 Å². The van der Waals surface area contributed by atoms with Gasteiger partial charge in [-0.3, -0.25) is 0 Å². The molecule has 0 spiro atoms. The molecule has 6 heteroatoms. The van der Waals surface area contributed by atoms with E-state index in [1.54, 1.807) is 37.0 Å². The molecule has 1 N–H and O–H groups in total. The molecule has 0 aliphatic heterocycles. The largest absolute Gasteiger partial charge is 0.384 e. The van der Waals surface area contributed by atoms with Gasteiger partial charge >= 0.3 is 0 Å². The molecule has 0 aliphatic carbocycles. The van der Waals surface area contributed by atoms with Crippen LogP contribution in [0.1, 0.15) is 5.56 Å². The van der Waals surface area contributed by atoms with E-state index in [-0.39, 0.29) is 11.5 Å². The number of aliphatic hydroxyl groups excluding tert-OH is 1. The summed E-state index contributed by atoms with van der Waals surface area (Å²) in [6.45, 7) is 0.223. The molecule has 1 aromatic rings. The first-order chi connectivity index (χ1) is 9.02. The van der Waals surface area contributed by atoms with E-state index in [1.165, 1.54) is 10.4 Å². The number of sulfonamides is 1. The van der Waals surface area contributed by atoms with Crippen LogP contribution in [-0.2, 0) is 10.0 Å². The molecule has 4 nitrogen and oxygen atoms in total. The third kappa shape index (κ3) is 4.55. The van der Waals surface area contributed by atoms with E-state index in [0.717, 1.165) is 5.75 Å². The van der Waals surface area contributed by atoms with Crippen molar-refractivity contribution in [2.75, 3.05) is 32.2 Å². The van der Waals surface area contributed by atoms with Gasteiger partial charge in [-0.1, -0.05) is 17.9 Å². The van der Waals surface area contributed by atoms with Crippen LogP contribution in [0.5, 0.6) is 0 Å². The summed E-state index contributed by atoms with van der Waals surface area (Å²) in [5, 5.41) is 8.64. The normalized spacial score (nSPS) is 11.2. The summed E-state index contributed by atoms with van der Waals surface area (Å²) in [4.78, 5) is 0.223. The molecule has 0 bridgehead atoms. The Morgan fingerprint density at radius 1 is 1.42 bits per heavy atom. The van der Waals surface area contributed by atoms with Crippen LogP contribution in [0.4, 0.5) is 0 Å². The zero-order valence-corrected chi connectivity index (χ0v) is 12.6. The van der Waals surface area contributed by atoms with E-state index in [4.69, 9.17) is 5.11 Å². The molecule has 0 saturated heterocycles. The van der Waals surface area contributed by atoms with Crippen molar-refractivity contribution in [2.45, 2.75) is 4.90 Å². The minimum Gasteiger partial charge on any atom is -0.384 e. The summed E-state index contributed by atoms with van der Waals surface area (Å²) >= 11 is 1.60. The minimum absolute atomic E-state index is 0.223. The highest BCUT2D eigenvalue weighted by Gasteiger charge is 2.20. The van der Waals surface area contributed by atoms with Crippen LogP contribution in [0.2, 0.25) is 0 Å². The number of aliphatic hydroxyl groups is 1. The number of hydrogen-bond donors (Lipinski definition) is 1. The Balaban J connectivity index is 3.01. The smallest absolute Gasteiger partial charge is 0.242 e. The van der Waals surface area contributed by atoms with Crippen molar-refractivity contribution in [2.24, 2.45) is 0 Å². The predicted molar refractivity (Wildman–Crippen MR) is 78.6 cm³/mol. The highest BCUT2D eigenvalue weighted by atomic mass is 32.2. The van der Waals surface area contributed by atoms with Gasteiger partial charge in [0.1, 0.15) is 6.61 Å². The van der Waals surface area contributed by atoms with Gasteiger partial charge in [0.15, 0.2) is 0 Å². The number of benzene rings is 1. The minimum atomic E-state index is -3.47. The molecule has 0 amide bonds. The summed E-state index contributed by atoms with van der Waals surface area (Å²) < 4.78 is 25.9. The molecule has 0 unspecified atom stereocenters. The Morgan fingerprint density at radius 3 is 2.79 bits per heavy atom. The summed E-state index contributed by atoms with van der Waals surface area (Å²) in [5.74, 6) is 5.95. The van der Waals surface area contributed by atoms with Crippen LogP contribution in [0.3, 0.4) is 0 Å². The standard InChI is InChI=1S/C13H17NO3S2/c1-14(8-10-18-2)19(16,17)13-7-3-5-12(11-13)6-4-9-15/h3,5,7,11,15H,8-10H2,1-2H3. The first-order valence-electron chi connectivity index (χ1n) is 5.67. The average molecular weight is 299 g/mol. The lowest BCUT2D eigenvalue weighted by atomic mass is 10.2. The first kappa shape index (κ1) is 16.1. The zero-order chi connectivity index (χ0) is 14.3. The van der Waals surface area contributed by atoms with Crippen LogP contribution in [0.15, 0.2) is 29.2 Å². The second-order valence-corrected chi connectivity index (χ2v) is 6.84. The molecule has 0 atom stereocenters. The average Bonchev–Trinajstić information content (AvgIpc) is 2.42. The Labute approximate surface area is 118 Å². The highest BCUT2D eigenvalue weighted by molar-refractivity contribution is 7.98. The zero-order valence-electron chi connectivity index (χ0n) is 11.0. The van der Waals surface area contributed by atoms with Crippen LogP contribution in [-0.4, -0.2) is 50.0 Å². The van der Waals surface area contributed by atoms with Crippen molar-refractivity contribution < 1.29 is 13.5 Å². The maximum Gasteiger partial charge on any atom is 0.242 e. The van der Waals surface area contributed by atoms with Crippen LogP contribution in [0.25, 0.3) is 0 Å². The SMILES string of the molecule is CSCCN(C)S(=O)(=O)c1cccc(C#CCO)c1. The van der Waals surface area contributed by atoms with Gasteiger partial charge in [-0.05, 0) is 24.5 Å². The highest BCUT2D eigenvalue weighted by Crippen LogP contribution is 2.15. The van der Waals surface area contributed by atoms with Gasteiger partial charge in [-0.2, -0.15) is 11.8 Å². The fourth-order valence-electron chi connectivity index (χ4n) is 1.40. The molecule has 104 valence electrons. The van der Waals surface area contributed by atoms with Gasteiger partial charge in [0.05, 0.1) is 4.90 Å². The van der Waals surface area contributed by atoms with Gasteiger partial charge in [0.2, 0.25) is 10.0 Å². The first-order valence-corrected chi connectivity index (χ1v) is 8.51. The second kappa shape index (κ2) is 7.56. The van der Waals surface area contributed by atoms with Gasteiger partial charge in [-0.15, -0.1) is 0 Å². The Morgan fingerprint density at radius 2 is 2.16 bits per heavy atom. The molecule has 1 aromatic carbocycles. The molecule has 19 heavy (non-hydrogen) atoms. The Kier molecular flexibility index (Phi) is 6.38. The fourth-order valence-corrected chi connectivity index (χ4v) is 3.19. The summed E-state index contributed by atoms with van der Waals surface area (Å²) in [6, 6.07) is 6.43. The lowest BCUT2D eigenvalue weighted by Crippen LogP contribution is -2.29. The lowest BCUT2D eigenvalue weighted by molar-refractivity contribution is 0.350. The number of thioether (sulfide) groups is 1. The third-order valence-electron chi connectivity index (χ3n) is 2.46. The monoisotopic (exact) mass is 299 g/mol. The third-order valence-corrected chi connectivity index (χ3v) is 4.91. The molecular weight excluding hydrogens is 282 g/mol. The summed E-state index contributed by atoms with van der Waals surface area (Å²) in [6.07, 6.45) is 1.94. The van der Waals surface area contributed by atoms with Crippen LogP contribution >= 0.6 is 11.8 Å². The van der Waals surface area contributed by atoms with Crippen molar-refractivity contribution in [1.29, 1.82) is 0 Å². The van der Waals surface area contributed by atoms with Gasteiger partial charge in [0.25, 0.3) is 0 Å². The number of hydrogen-bond acceptors (Lipinski definition) is 4. The molecule has 1 rings (SSSR count). The number of nitrogens with zero attached hydrogens (tertiary/aromatic N) is 1. The van der Waals surface area contributed by atoms with E-state index in [9.17, 15) is 8.42 Å². The van der Waals surface area contributed by atoms with Gasteiger partial charge in [0, 0.05) is 24.9 Å². The quantitative estimate of drug-likeness (QED) is 0.825. The van der Waals surface area contributed by atoms with Crippen molar-refractivity contribution in [1.82, 2.24) is 4.31 Å². The summed E-state index contributed by atoms with van der Waals surface area (Å²) in [7, 11) is -1.90. The molecule has 0 radical (unpaired) electrons. The van der Waals surface area contributed by atoms with Gasteiger partial charge in [-0.25, -0.2) is 12.7 Å². The van der Waals surface area contributed by atoms with Gasteiger partial charge < -0.3 is 5.11 Å². The topological polar surface area (TPSA) is 57.6 Å². The van der Waals surface area contributed by atoms with Crippen molar-refractivity contribution in [3.63, 3.8) is 0 Å². The maximum absolute atomic E-state index is 12.3. The summed E-state index contributed by atoms with van der Waals surface area (Å²) in [5.41, 5.74) is 0.577. The fraction of sp³-hybridized carbons (Fsp3) is 0.385. The molecule has 0 saturated carbocycles.